The lowest BCUT2D eigenvalue weighted by Crippen LogP contribution is -2.44. The van der Waals surface area contributed by atoms with Crippen LogP contribution in [0.2, 0.25) is 0 Å². The maximum Gasteiger partial charge on any atom is 0.407 e. The second-order valence-corrected chi connectivity index (χ2v) is 4.57. The van der Waals surface area contributed by atoms with E-state index < -0.39 is 11.0 Å². The van der Waals surface area contributed by atoms with Gasteiger partial charge in [-0.1, -0.05) is 0 Å². The third-order valence-corrected chi connectivity index (χ3v) is 3.14. The summed E-state index contributed by atoms with van der Waals surface area (Å²) >= 11 is 0. The van der Waals surface area contributed by atoms with Crippen molar-refractivity contribution in [1.29, 1.82) is 0 Å². The summed E-state index contributed by atoms with van der Waals surface area (Å²) in [5.41, 5.74) is 5.26. The first-order valence-electron chi connectivity index (χ1n) is 6.12. The van der Waals surface area contributed by atoms with Crippen LogP contribution in [0.1, 0.15) is 12.8 Å². The number of hydrogen-bond acceptors (Lipinski definition) is 6. The molecule has 108 valence electrons. The number of nitro groups is 1. The summed E-state index contributed by atoms with van der Waals surface area (Å²) in [6.45, 7) is 0.872. The zero-order chi connectivity index (χ0) is 14.7. The highest BCUT2D eigenvalue weighted by molar-refractivity contribution is 5.65. The largest absolute Gasteiger partial charge is 0.465 e. The molecule has 1 aromatic heterocycles. The molecule has 0 bridgehead atoms. The van der Waals surface area contributed by atoms with E-state index in [0.717, 1.165) is 12.8 Å². The van der Waals surface area contributed by atoms with Gasteiger partial charge in [-0.2, -0.15) is 0 Å². The number of aromatic nitrogens is 1. The molecule has 0 aliphatic carbocycles. The summed E-state index contributed by atoms with van der Waals surface area (Å²) in [6.07, 6.45) is 0.613. The van der Waals surface area contributed by atoms with E-state index >= 15 is 0 Å². The van der Waals surface area contributed by atoms with Crippen molar-refractivity contribution < 1.29 is 14.8 Å². The van der Waals surface area contributed by atoms with Gasteiger partial charge in [0.15, 0.2) is 0 Å². The van der Waals surface area contributed by atoms with Gasteiger partial charge in [-0.3, -0.25) is 10.1 Å². The van der Waals surface area contributed by atoms with Crippen molar-refractivity contribution in [3.63, 3.8) is 0 Å². The monoisotopic (exact) mass is 281 g/mol. The molecular weight excluding hydrogens is 266 g/mol. The Morgan fingerprint density at radius 1 is 1.60 bits per heavy atom. The fourth-order valence-electron chi connectivity index (χ4n) is 2.18. The smallest absolute Gasteiger partial charge is 0.407 e. The lowest BCUT2D eigenvalue weighted by Gasteiger charge is -2.31. The molecule has 0 spiro atoms. The lowest BCUT2D eigenvalue weighted by molar-refractivity contribution is -0.384. The molecule has 1 fully saturated rings. The molecule has 9 nitrogen and oxygen atoms in total. The van der Waals surface area contributed by atoms with Crippen LogP contribution >= 0.6 is 0 Å². The van der Waals surface area contributed by atoms with Crippen LogP contribution in [0.4, 0.5) is 22.1 Å². The van der Waals surface area contributed by atoms with E-state index in [1.165, 1.54) is 17.0 Å². The molecule has 0 radical (unpaired) electrons. The Labute approximate surface area is 114 Å². The summed E-state index contributed by atoms with van der Waals surface area (Å²) in [5.74, 6) is 0.247. The van der Waals surface area contributed by atoms with E-state index in [2.05, 4.69) is 10.3 Å². The molecule has 1 amide bonds. The number of nitrogens with zero attached hydrogens (tertiary/aromatic N) is 3. The fraction of sp³-hybridized carbons (Fsp3) is 0.455. The third-order valence-electron chi connectivity index (χ3n) is 3.14. The van der Waals surface area contributed by atoms with Crippen molar-refractivity contribution in [1.82, 2.24) is 9.88 Å². The standard InChI is InChI=1S/C11H15N5O4/c12-10-8(16(19)20)3-4-9(14-10)13-7-2-1-5-15(6-7)11(17)18/h3-4,7H,1-2,5-6H2,(H,17,18)(H3,12,13,14). The molecule has 9 heteroatoms. The van der Waals surface area contributed by atoms with Gasteiger partial charge in [-0.05, 0) is 18.9 Å². The Kier molecular flexibility index (Phi) is 3.87. The van der Waals surface area contributed by atoms with Crippen LogP contribution in [-0.4, -0.2) is 45.1 Å². The Hall–Kier alpha value is -2.58. The number of nitrogens with two attached hydrogens (primary N) is 1. The number of piperidine rings is 1. The summed E-state index contributed by atoms with van der Waals surface area (Å²) < 4.78 is 0. The van der Waals surface area contributed by atoms with Gasteiger partial charge in [-0.25, -0.2) is 9.78 Å². The molecule has 1 unspecified atom stereocenters. The highest BCUT2D eigenvalue weighted by atomic mass is 16.6. The summed E-state index contributed by atoms with van der Waals surface area (Å²) in [5, 5.41) is 22.6. The minimum atomic E-state index is -0.951. The molecule has 1 aliphatic rings. The van der Waals surface area contributed by atoms with Crippen molar-refractivity contribution >= 4 is 23.4 Å². The first-order valence-corrected chi connectivity index (χ1v) is 6.12. The lowest BCUT2D eigenvalue weighted by atomic mass is 10.1. The number of carboxylic acid groups (broad SMARTS) is 1. The van der Waals surface area contributed by atoms with E-state index in [0.29, 0.717) is 18.9 Å². The molecule has 4 N–H and O–H groups in total. The van der Waals surface area contributed by atoms with Gasteiger partial charge < -0.3 is 21.1 Å². The van der Waals surface area contributed by atoms with Gasteiger partial charge in [0.25, 0.3) is 0 Å². The third kappa shape index (κ3) is 3.05. The SMILES string of the molecule is Nc1nc(NC2CCCN(C(=O)O)C2)ccc1[N+](=O)[O-]. The Bertz CT molecular complexity index is 536. The molecule has 1 saturated heterocycles. The van der Waals surface area contributed by atoms with Crippen LogP contribution in [0.25, 0.3) is 0 Å². The number of likely N-dealkylation sites (tertiary alicyclic amines) is 1. The van der Waals surface area contributed by atoms with E-state index in [9.17, 15) is 14.9 Å². The van der Waals surface area contributed by atoms with Crippen molar-refractivity contribution in [2.24, 2.45) is 0 Å². The first kappa shape index (κ1) is 13.8. The van der Waals surface area contributed by atoms with Gasteiger partial charge in [0.05, 0.1) is 4.92 Å². The number of nitrogen functional groups attached to an aromatic ring is 1. The zero-order valence-electron chi connectivity index (χ0n) is 10.7. The normalized spacial score (nSPS) is 18.6. The number of hydrogen-bond donors (Lipinski definition) is 3. The summed E-state index contributed by atoms with van der Waals surface area (Å²) in [7, 11) is 0. The topological polar surface area (TPSA) is 135 Å². The highest BCUT2D eigenvalue weighted by Gasteiger charge is 2.23. The van der Waals surface area contributed by atoms with Gasteiger partial charge in [0.1, 0.15) is 5.82 Å². The Morgan fingerprint density at radius 2 is 2.35 bits per heavy atom. The number of carbonyl (C=O) groups is 1. The predicted molar refractivity (Wildman–Crippen MR) is 71.5 cm³/mol. The van der Waals surface area contributed by atoms with Crippen molar-refractivity contribution in [3.05, 3.63) is 22.2 Å². The quantitative estimate of drug-likeness (QED) is 0.558. The van der Waals surface area contributed by atoms with E-state index in [1.54, 1.807) is 0 Å². The minimum Gasteiger partial charge on any atom is -0.465 e. The second kappa shape index (κ2) is 5.59. The predicted octanol–water partition coefficient (Wildman–Crippen LogP) is 1.13. The molecule has 2 rings (SSSR count). The molecule has 1 aliphatic heterocycles. The van der Waals surface area contributed by atoms with Crippen LogP contribution in [0.3, 0.4) is 0 Å². The van der Waals surface area contributed by atoms with Crippen molar-refractivity contribution in [2.45, 2.75) is 18.9 Å². The first-order chi connectivity index (χ1) is 9.47. The minimum absolute atomic E-state index is 0.0757. The Morgan fingerprint density at radius 3 is 2.95 bits per heavy atom. The number of pyridine rings is 1. The van der Waals surface area contributed by atoms with Crippen molar-refractivity contribution in [3.8, 4) is 0 Å². The number of rotatable bonds is 3. The average molecular weight is 281 g/mol. The summed E-state index contributed by atoms with van der Waals surface area (Å²) in [4.78, 5) is 26.2. The van der Waals surface area contributed by atoms with Gasteiger partial charge in [0, 0.05) is 25.2 Å². The zero-order valence-corrected chi connectivity index (χ0v) is 10.7. The molecular formula is C11H15N5O4. The summed E-state index contributed by atoms with van der Waals surface area (Å²) in [6, 6.07) is 2.67. The maximum absolute atomic E-state index is 10.9. The van der Waals surface area contributed by atoms with Gasteiger partial charge in [0.2, 0.25) is 5.82 Å². The van der Waals surface area contributed by atoms with Crippen LogP contribution in [-0.2, 0) is 0 Å². The van der Waals surface area contributed by atoms with Crippen LogP contribution in [0.5, 0.6) is 0 Å². The molecule has 0 aromatic carbocycles. The number of anilines is 2. The molecule has 1 atom stereocenters. The van der Waals surface area contributed by atoms with Crippen molar-refractivity contribution in [2.75, 3.05) is 24.1 Å². The Balaban J connectivity index is 2.04. The van der Waals surface area contributed by atoms with Crippen LogP contribution in [0, 0.1) is 10.1 Å². The molecule has 0 saturated carbocycles. The number of amides is 1. The van der Waals surface area contributed by atoms with E-state index in [4.69, 9.17) is 10.8 Å². The van der Waals surface area contributed by atoms with E-state index in [1.807, 2.05) is 0 Å². The molecule has 1 aromatic rings. The highest BCUT2D eigenvalue weighted by Crippen LogP contribution is 2.22. The number of nitrogens with one attached hydrogen (secondary N) is 1. The van der Waals surface area contributed by atoms with Crippen LogP contribution in [0.15, 0.2) is 12.1 Å². The molecule has 20 heavy (non-hydrogen) atoms. The van der Waals surface area contributed by atoms with Gasteiger partial charge >= 0.3 is 11.8 Å². The second-order valence-electron chi connectivity index (χ2n) is 4.57. The van der Waals surface area contributed by atoms with Gasteiger partial charge in [-0.15, -0.1) is 0 Å². The average Bonchev–Trinajstić information content (AvgIpc) is 2.38. The molecule has 2 heterocycles. The van der Waals surface area contributed by atoms with E-state index in [-0.39, 0.29) is 17.5 Å². The van der Waals surface area contributed by atoms with Crippen LogP contribution < -0.4 is 11.1 Å². The fourth-order valence-corrected chi connectivity index (χ4v) is 2.18. The maximum atomic E-state index is 10.9.